The molecule has 2 aliphatic heterocycles. The summed E-state index contributed by atoms with van der Waals surface area (Å²) in [6, 6.07) is 5.06. The van der Waals surface area contributed by atoms with Crippen molar-refractivity contribution >= 4 is 31.3 Å². The van der Waals surface area contributed by atoms with E-state index in [0.717, 1.165) is 6.07 Å². The molecule has 2 aliphatic rings. The van der Waals surface area contributed by atoms with Gasteiger partial charge in [-0.05, 0) is 19.4 Å². The molecule has 1 atom stereocenters. The molecular weight excluding hydrogens is 520 g/mol. The highest BCUT2D eigenvalue weighted by atomic mass is 32.2. The minimum Gasteiger partial charge on any atom is -0.454 e. The number of carbonyl (C=O) groups excluding carboxylic acids is 1. The lowest BCUT2D eigenvalue weighted by Gasteiger charge is -2.31. The van der Waals surface area contributed by atoms with Gasteiger partial charge in [-0.15, -0.1) is 0 Å². The maximum atomic E-state index is 13.3. The minimum absolute atomic E-state index is 0.0599. The van der Waals surface area contributed by atoms with Crippen molar-refractivity contribution < 1.29 is 40.1 Å². The van der Waals surface area contributed by atoms with Crippen molar-refractivity contribution in [2.45, 2.75) is 26.4 Å². The van der Waals surface area contributed by atoms with Gasteiger partial charge in [-0.2, -0.15) is 0 Å². The summed E-state index contributed by atoms with van der Waals surface area (Å²) >= 11 is 0. The maximum Gasteiger partial charge on any atom is 0.519 e. The molecule has 0 aliphatic carbocycles. The van der Waals surface area contributed by atoms with Gasteiger partial charge in [0.1, 0.15) is 0 Å². The standard InChI is InChI=1S/C21H20N2O11S2/c1-11-17(20(24)32-9-16-12(2)33-21(25)34-16)18(13-4-3-5-14(8-13)23(26)27)19-15(22-11)10-35(28,29)6-7-36(19,30)31/h3-5,8,18,22H,6-7,9-10H2,1-2H3. The molecule has 36 heavy (non-hydrogen) atoms. The van der Waals surface area contributed by atoms with Gasteiger partial charge in [0.15, 0.2) is 37.8 Å². The van der Waals surface area contributed by atoms with E-state index in [2.05, 4.69) is 5.32 Å². The molecule has 0 fully saturated rings. The Morgan fingerprint density at radius 3 is 2.56 bits per heavy atom. The first-order valence-electron chi connectivity index (χ1n) is 10.4. The summed E-state index contributed by atoms with van der Waals surface area (Å²) in [5.41, 5.74) is -0.491. The van der Waals surface area contributed by atoms with Gasteiger partial charge >= 0.3 is 11.8 Å². The number of hydrogen-bond acceptors (Lipinski definition) is 12. The van der Waals surface area contributed by atoms with Crippen LogP contribution < -0.4 is 11.1 Å². The van der Waals surface area contributed by atoms with Crippen molar-refractivity contribution in [1.29, 1.82) is 0 Å². The number of benzene rings is 1. The van der Waals surface area contributed by atoms with Crippen molar-refractivity contribution in [1.82, 2.24) is 5.32 Å². The fourth-order valence-corrected chi connectivity index (χ4v) is 8.24. The van der Waals surface area contributed by atoms with E-state index in [4.69, 9.17) is 13.6 Å². The summed E-state index contributed by atoms with van der Waals surface area (Å²) in [6.07, 6.45) is 0. The third kappa shape index (κ3) is 4.83. The van der Waals surface area contributed by atoms with Crippen molar-refractivity contribution in [2.24, 2.45) is 0 Å². The number of sulfone groups is 2. The molecule has 4 rings (SSSR count). The van der Waals surface area contributed by atoms with E-state index in [-0.39, 0.29) is 44.6 Å². The smallest absolute Gasteiger partial charge is 0.454 e. The number of aryl methyl sites for hydroxylation is 1. The Hall–Kier alpha value is -3.72. The highest BCUT2D eigenvalue weighted by Crippen LogP contribution is 2.43. The van der Waals surface area contributed by atoms with Crippen molar-refractivity contribution in [3.05, 3.63) is 84.0 Å². The second-order valence-corrected chi connectivity index (χ2v) is 12.5. The predicted octanol–water partition coefficient (Wildman–Crippen LogP) is 1.21. The third-order valence-corrected chi connectivity index (χ3v) is 9.46. The fraction of sp³-hybridized carbons (Fsp3) is 0.333. The van der Waals surface area contributed by atoms with Crippen LogP contribution in [0.5, 0.6) is 0 Å². The van der Waals surface area contributed by atoms with Gasteiger partial charge in [0.25, 0.3) is 5.69 Å². The number of rotatable bonds is 5. The number of ether oxygens (including phenoxy) is 1. The number of allylic oxidation sites excluding steroid dienone is 2. The first-order valence-corrected chi connectivity index (χ1v) is 13.9. The summed E-state index contributed by atoms with van der Waals surface area (Å²) in [4.78, 5) is 34.9. The molecule has 13 nitrogen and oxygen atoms in total. The van der Waals surface area contributed by atoms with Crippen LogP contribution in [-0.2, 0) is 35.8 Å². The van der Waals surface area contributed by atoms with E-state index in [1.165, 1.54) is 32.0 Å². The van der Waals surface area contributed by atoms with Gasteiger partial charge in [0.05, 0.1) is 38.6 Å². The Morgan fingerprint density at radius 1 is 1.19 bits per heavy atom. The molecule has 192 valence electrons. The quantitative estimate of drug-likeness (QED) is 0.324. The Morgan fingerprint density at radius 2 is 1.92 bits per heavy atom. The van der Waals surface area contributed by atoms with E-state index >= 15 is 0 Å². The van der Waals surface area contributed by atoms with E-state index in [1.807, 2.05) is 0 Å². The van der Waals surface area contributed by atoms with Crippen LogP contribution in [0.3, 0.4) is 0 Å². The summed E-state index contributed by atoms with van der Waals surface area (Å²) in [5.74, 6) is -5.33. The maximum absolute atomic E-state index is 13.3. The van der Waals surface area contributed by atoms with Crippen LogP contribution in [0, 0.1) is 17.0 Å². The number of carbonyl (C=O) groups is 1. The van der Waals surface area contributed by atoms with E-state index in [1.54, 1.807) is 0 Å². The second-order valence-electron chi connectivity index (χ2n) is 8.21. The lowest BCUT2D eigenvalue weighted by Crippen LogP contribution is -2.34. The van der Waals surface area contributed by atoms with Crippen LogP contribution in [0.4, 0.5) is 5.69 Å². The fourth-order valence-electron chi connectivity index (χ4n) is 4.11. The van der Waals surface area contributed by atoms with Gasteiger partial charge in [-0.3, -0.25) is 10.1 Å². The zero-order chi connectivity index (χ0) is 26.4. The lowest BCUT2D eigenvalue weighted by molar-refractivity contribution is -0.384. The average molecular weight is 541 g/mol. The molecular formula is C21H20N2O11S2. The lowest BCUT2D eigenvalue weighted by atomic mass is 9.86. The molecule has 0 spiro atoms. The summed E-state index contributed by atoms with van der Waals surface area (Å²) in [5, 5.41) is 14.1. The Kier molecular flexibility index (Phi) is 6.38. The van der Waals surface area contributed by atoms with Gasteiger partial charge in [-0.1, -0.05) is 12.1 Å². The highest BCUT2D eigenvalue weighted by Gasteiger charge is 2.44. The molecule has 0 amide bonds. The van der Waals surface area contributed by atoms with E-state index in [9.17, 15) is 36.5 Å². The third-order valence-electron chi connectivity index (χ3n) is 5.76. The SMILES string of the molecule is CC1=C(C(=O)OCc2oc(=O)oc2C)C(c2cccc([N+](=O)[O-])c2)C2=C(CS(=O)(=O)CCS2(=O)=O)N1. The van der Waals surface area contributed by atoms with Crippen molar-refractivity contribution in [3.63, 3.8) is 0 Å². The summed E-state index contributed by atoms with van der Waals surface area (Å²) in [7, 11) is -8.03. The van der Waals surface area contributed by atoms with Crippen LogP contribution in [0.2, 0.25) is 0 Å². The first kappa shape index (κ1) is 25.4. The zero-order valence-electron chi connectivity index (χ0n) is 19.0. The number of non-ortho nitro benzene ring substituents is 1. The molecule has 15 heteroatoms. The number of dihydropyridines is 1. The average Bonchev–Trinajstić information content (AvgIpc) is 3.07. The Labute approximate surface area is 204 Å². The molecule has 0 radical (unpaired) electrons. The molecule has 1 aromatic heterocycles. The summed E-state index contributed by atoms with van der Waals surface area (Å²) in [6.45, 7) is 2.34. The van der Waals surface area contributed by atoms with Crippen LogP contribution >= 0.6 is 0 Å². The molecule has 0 saturated heterocycles. The number of nitro groups is 1. The van der Waals surface area contributed by atoms with E-state index in [0.29, 0.717) is 0 Å². The zero-order valence-corrected chi connectivity index (χ0v) is 20.6. The van der Waals surface area contributed by atoms with Crippen LogP contribution in [-0.4, -0.2) is 45.0 Å². The Balaban J connectivity index is 1.86. The topological polar surface area (TPSA) is 193 Å². The van der Waals surface area contributed by atoms with Crippen molar-refractivity contribution in [2.75, 3.05) is 17.3 Å². The van der Waals surface area contributed by atoms with Gasteiger partial charge in [-0.25, -0.2) is 26.4 Å². The molecule has 2 aromatic rings. The predicted molar refractivity (Wildman–Crippen MR) is 123 cm³/mol. The van der Waals surface area contributed by atoms with Crippen molar-refractivity contribution in [3.8, 4) is 0 Å². The Bertz CT molecular complexity index is 1610. The van der Waals surface area contributed by atoms with Crippen LogP contribution in [0.25, 0.3) is 0 Å². The van der Waals surface area contributed by atoms with Gasteiger partial charge in [0.2, 0.25) is 0 Å². The van der Waals surface area contributed by atoms with Crippen LogP contribution in [0.15, 0.2) is 59.8 Å². The van der Waals surface area contributed by atoms with Crippen LogP contribution in [0.1, 0.15) is 29.9 Å². The van der Waals surface area contributed by atoms with E-state index < -0.39 is 66.2 Å². The number of nitro benzene ring substituents is 1. The number of nitrogens with one attached hydrogen (secondary N) is 1. The largest absolute Gasteiger partial charge is 0.519 e. The molecule has 1 N–H and O–H groups in total. The first-order chi connectivity index (χ1) is 16.8. The monoisotopic (exact) mass is 540 g/mol. The van der Waals surface area contributed by atoms with Gasteiger partial charge in [0, 0.05) is 23.5 Å². The number of hydrogen-bond donors (Lipinski definition) is 1. The van der Waals surface area contributed by atoms with Gasteiger partial charge < -0.3 is 18.9 Å². The highest BCUT2D eigenvalue weighted by molar-refractivity contribution is 7.98. The number of esters is 1. The molecule has 1 aromatic carbocycles. The normalized spacial score (nSPS) is 20.8. The number of nitrogens with zero attached hydrogens (tertiary/aromatic N) is 1. The molecule has 3 heterocycles. The molecule has 0 bridgehead atoms. The second kappa shape index (κ2) is 9.05. The minimum atomic E-state index is -4.23. The molecule has 0 saturated carbocycles. The summed E-state index contributed by atoms with van der Waals surface area (Å²) < 4.78 is 66.3. The molecule has 1 unspecified atom stereocenters.